The van der Waals surface area contributed by atoms with Crippen LogP contribution < -0.4 is 0 Å². The van der Waals surface area contributed by atoms with Crippen LogP contribution in [0.15, 0.2) is 36.5 Å². The third-order valence-corrected chi connectivity index (χ3v) is 3.55. The number of aromatic nitrogens is 5. The van der Waals surface area contributed by atoms with Gasteiger partial charge >= 0.3 is 0 Å². The maximum atomic E-state index is 10.5. The fraction of sp³-hybridized carbons (Fsp3) is 0.133. The van der Waals surface area contributed by atoms with Crippen LogP contribution in [0.4, 0.5) is 0 Å². The second-order valence-electron chi connectivity index (χ2n) is 5.05. The van der Waals surface area contributed by atoms with Gasteiger partial charge in [0, 0.05) is 34.3 Å². The van der Waals surface area contributed by atoms with Gasteiger partial charge in [-0.15, -0.1) is 10.2 Å². The third kappa shape index (κ3) is 2.86. The first kappa shape index (κ1) is 14.6. The number of nitrogens with zero attached hydrogens (tertiary/aromatic N) is 5. The van der Waals surface area contributed by atoms with Gasteiger partial charge in [0.25, 0.3) is 0 Å². The minimum absolute atomic E-state index is 0.469. The quantitative estimate of drug-likeness (QED) is 0.589. The highest BCUT2D eigenvalue weighted by Crippen LogP contribution is 2.24. The Kier molecular flexibility index (Phi) is 3.71. The van der Waals surface area contributed by atoms with Crippen molar-refractivity contribution in [2.75, 3.05) is 0 Å². The number of benzene rings is 1. The third-order valence-electron chi connectivity index (χ3n) is 3.55. The van der Waals surface area contributed by atoms with Gasteiger partial charge < -0.3 is 4.57 Å². The lowest BCUT2D eigenvalue weighted by Crippen LogP contribution is -1.99. The number of hydrogen-bond acceptors (Lipinski definition) is 5. The molecule has 1 N–H and O–H groups in total. The van der Waals surface area contributed by atoms with Crippen molar-refractivity contribution in [3.05, 3.63) is 63.6 Å². The summed E-state index contributed by atoms with van der Waals surface area (Å²) < 4.78 is 2.03. The molecular formula is C15H14N6O2. The predicted molar refractivity (Wildman–Crippen MR) is 84.4 cm³/mol. The van der Waals surface area contributed by atoms with E-state index in [1.807, 2.05) is 48.7 Å². The molecule has 0 unspecified atom stereocenters. The van der Waals surface area contributed by atoms with Crippen molar-refractivity contribution in [3.8, 4) is 17.1 Å². The van der Waals surface area contributed by atoms with Crippen LogP contribution in [0.1, 0.15) is 17.0 Å². The zero-order valence-electron chi connectivity index (χ0n) is 12.6. The van der Waals surface area contributed by atoms with Crippen LogP contribution in [0, 0.1) is 24.0 Å². The molecule has 0 bridgehead atoms. The molecule has 0 saturated carbocycles. The molecule has 2 aromatic heterocycles. The monoisotopic (exact) mass is 310 g/mol. The largest absolute Gasteiger partial charge is 0.318 e. The molecule has 0 atom stereocenters. The van der Waals surface area contributed by atoms with Gasteiger partial charge in [-0.25, -0.2) is 0 Å². The number of H-pyrrole nitrogens is 1. The molecule has 0 aliphatic heterocycles. The number of nitro groups is 1. The van der Waals surface area contributed by atoms with Crippen LogP contribution in [-0.4, -0.2) is 30.1 Å². The van der Waals surface area contributed by atoms with Crippen molar-refractivity contribution in [3.63, 3.8) is 0 Å². The lowest BCUT2D eigenvalue weighted by Gasteiger charge is -2.10. The smallest absolute Gasteiger partial charge is 0.235 e. The molecule has 0 fully saturated rings. The second kappa shape index (κ2) is 5.84. The average Bonchev–Trinajstić information content (AvgIpc) is 3.14. The van der Waals surface area contributed by atoms with Crippen LogP contribution in [0.2, 0.25) is 0 Å². The Morgan fingerprint density at radius 1 is 1.30 bits per heavy atom. The highest BCUT2D eigenvalue weighted by molar-refractivity contribution is 5.61. The molecule has 116 valence electrons. The number of nitrogens with one attached hydrogen (secondary N) is 1. The Bertz CT molecular complexity index is 880. The maximum Gasteiger partial charge on any atom is 0.235 e. The number of tetrazole rings is 1. The zero-order chi connectivity index (χ0) is 16.4. The van der Waals surface area contributed by atoms with Crippen molar-refractivity contribution in [2.45, 2.75) is 13.8 Å². The number of rotatable bonds is 4. The Labute approximate surface area is 131 Å². The van der Waals surface area contributed by atoms with Crippen molar-refractivity contribution in [1.29, 1.82) is 0 Å². The molecule has 2 heterocycles. The first-order valence-electron chi connectivity index (χ1n) is 6.91. The summed E-state index contributed by atoms with van der Waals surface area (Å²) in [6.45, 7) is 3.88. The van der Waals surface area contributed by atoms with E-state index in [4.69, 9.17) is 0 Å². The van der Waals surface area contributed by atoms with Crippen LogP contribution in [0.3, 0.4) is 0 Å². The van der Waals surface area contributed by atoms with Gasteiger partial charge in [-0.3, -0.25) is 10.1 Å². The van der Waals surface area contributed by atoms with Crippen LogP contribution in [0.5, 0.6) is 0 Å². The molecule has 8 heteroatoms. The molecule has 0 aliphatic rings. The Balaban J connectivity index is 2.06. The number of aromatic amines is 1. The van der Waals surface area contributed by atoms with Crippen molar-refractivity contribution >= 4 is 6.08 Å². The van der Waals surface area contributed by atoms with Crippen LogP contribution in [-0.2, 0) is 0 Å². The molecule has 0 amide bonds. The van der Waals surface area contributed by atoms with Gasteiger partial charge in [0.1, 0.15) is 0 Å². The summed E-state index contributed by atoms with van der Waals surface area (Å²) in [5.74, 6) is 0.516. The van der Waals surface area contributed by atoms with E-state index in [9.17, 15) is 10.1 Å². The Morgan fingerprint density at radius 3 is 2.83 bits per heavy atom. The summed E-state index contributed by atoms with van der Waals surface area (Å²) in [6.07, 6.45) is 2.45. The molecular weight excluding hydrogens is 296 g/mol. The fourth-order valence-corrected chi connectivity index (χ4v) is 2.56. The molecule has 8 nitrogen and oxygen atoms in total. The van der Waals surface area contributed by atoms with E-state index in [2.05, 4.69) is 20.6 Å². The summed E-state index contributed by atoms with van der Waals surface area (Å²) in [5, 5.41) is 24.5. The Morgan fingerprint density at radius 2 is 2.13 bits per heavy atom. The van der Waals surface area contributed by atoms with Crippen molar-refractivity contribution in [2.24, 2.45) is 0 Å². The SMILES string of the molecule is Cc1cc(/C=C/[N+](=O)[O-])c(C)n1-c1cccc(-c2nn[nH]n2)c1. The van der Waals surface area contributed by atoms with Gasteiger partial charge in [-0.2, -0.15) is 5.21 Å². The minimum Gasteiger partial charge on any atom is -0.318 e. The molecule has 0 spiro atoms. The lowest BCUT2D eigenvalue weighted by molar-refractivity contribution is -0.400. The van der Waals surface area contributed by atoms with E-state index >= 15 is 0 Å². The number of hydrogen-bond donors (Lipinski definition) is 1. The average molecular weight is 310 g/mol. The molecule has 1 aromatic carbocycles. The van der Waals surface area contributed by atoms with Gasteiger partial charge in [0.15, 0.2) is 0 Å². The van der Waals surface area contributed by atoms with Gasteiger partial charge in [-0.1, -0.05) is 12.1 Å². The van der Waals surface area contributed by atoms with Crippen LogP contribution in [0.25, 0.3) is 23.2 Å². The van der Waals surface area contributed by atoms with E-state index in [-0.39, 0.29) is 0 Å². The van der Waals surface area contributed by atoms with Gasteiger partial charge in [0.2, 0.25) is 12.0 Å². The van der Waals surface area contributed by atoms with Crippen molar-refractivity contribution in [1.82, 2.24) is 25.2 Å². The lowest BCUT2D eigenvalue weighted by atomic mass is 10.2. The standard InChI is InChI=1S/C15H14N6O2/c1-10-8-12(6-7-20(22)23)11(2)21(10)14-5-3-4-13(9-14)15-16-18-19-17-15/h3-9H,1-2H3,(H,16,17,18,19)/b7-6+. The van der Waals surface area contributed by atoms with E-state index in [0.717, 1.165) is 34.4 Å². The van der Waals surface area contributed by atoms with Crippen molar-refractivity contribution < 1.29 is 4.92 Å². The van der Waals surface area contributed by atoms with E-state index in [0.29, 0.717) is 5.82 Å². The fourth-order valence-electron chi connectivity index (χ4n) is 2.56. The molecule has 3 rings (SSSR count). The molecule has 23 heavy (non-hydrogen) atoms. The molecule has 0 saturated heterocycles. The number of aryl methyl sites for hydroxylation is 1. The van der Waals surface area contributed by atoms with Gasteiger partial charge in [0.05, 0.1) is 4.92 Å². The first-order chi connectivity index (χ1) is 11.1. The highest BCUT2D eigenvalue weighted by atomic mass is 16.6. The maximum absolute atomic E-state index is 10.5. The Hall–Kier alpha value is -3.29. The van der Waals surface area contributed by atoms with E-state index in [1.165, 1.54) is 6.08 Å². The topological polar surface area (TPSA) is 103 Å². The van der Waals surface area contributed by atoms with Crippen LogP contribution >= 0.6 is 0 Å². The van der Waals surface area contributed by atoms with E-state index in [1.54, 1.807) is 0 Å². The summed E-state index contributed by atoms with van der Waals surface area (Å²) in [6, 6.07) is 9.63. The molecule has 0 radical (unpaired) electrons. The first-order valence-corrected chi connectivity index (χ1v) is 6.91. The molecule has 3 aromatic rings. The summed E-state index contributed by atoms with van der Waals surface area (Å²) in [7, 11) is 0. The summed E-state index contributed by atoms with van der Waals surface area (Å²) >= 11 is 0. The van der Waals surface area contributed by atoms with E-state index < -0.39 is 4.92 Å². The summed E-state index contributed by atoms with van der Waals surface area (Å²) in [4.78, 5) is 10.0. The second-order valence-corrected chi connectivity index (χ2v) is 5.05. The predicted octanol–water partition coefficient (Wildman–Crippen LogP) is 2.52. The minimum atomic E-state index is -0.469. The molecule has 0 aliphatic carbocycles. The highest BCUT2D eigenvalue weighted by Gasteiger charge is 2.11. The van der Waals surface area contributed by atoms with Gasteiger partial charge in [-0.05, 0) is 37.3 Å². The normalized spacial score (nSPS) is 11.2. The zero-order valence-corrected chi connectivity index (χ0v) is 12.6. The summed E-state index contributed by atoms with van der Waals surface area (Å²) in [5.41, 5.74) is 4.49.